The molecule has 3 aromatic rings. The number of ketones is 1. The number of benzene rings is 3. The van der Waals surface area contributed by atoms with Crippen molar-refractivity contribution in [2.24, 2.45) is 5.41 Å². The number of halogens is 2. The number of hydrogen-bond acceptors (Lipinski definition) is 6. The van der Waals surface area contributed by atoms with E-state index in [0.29, 0.717) is 5.02 Å². The normalized spacial score (nSPS) is 12.6. The second-order valence-electron chi connectivity index (χ2n) is 10.4. The van der Waals surface area contributed by atoms with Crippen LogP contribution in [0.2, 0.25) is 10.0 Å². The molecule has 0 aliphatic heterocycles. The first-order valence-electron chi connectivity index (χ1n) is 13.8. The van der Waals surface area contributed by atoms with E-state index in [1.807, 2.05) is 26.0 Å². The van der Waals surface area contributed by atoms with Crippen molar-refractivity contribution in [3.8, 4) is 5.75 Å². The smallest absolute Gasteiger partial charge is 0.418 e. The molecule has 0 saturated heterocycles. The molecule has 0 fully saturated rings. The summed E-state index contributed by atoms with van der Waals surface area (Å²) >= 11 is 12.5. The fourth-order valence-corrected chi connectivity index (χ4v) is 4.87. The van der Waals surface area contributed by atoms with Gasteiger partial charge in [-0.15, -0.1) is 0 Å². The first-order chi connectivity index (χ1) is 19.9. The molecule has 10 heteroatoms. The monoisotopic (exact) mass is 613 g/mol. The van der Waals surface area contributed by atoms with Crippen LogP contribution >= 0.6 is 23.2 Å². The number of ether oxygens (including phenoxy) is 2. The van der Waals surface area contributed by atoms with Gasteiger partial charge in [-0.3, -0.25) is 9.59 Å². The molecule has 3 rings (SSSR count). The third kappa shape index (κ3) is 7.17. The SMILES string of the molecule is CCOC(=O)N(c1ccc(N(CC)CC)cc1)C(Oc1ccccc1)(C(=O)Nc1ccc(Cl)cc1Cl)C(=O)C(C)(C)C. The third-order valence-corrected chi connectivity index (χ3v) is 7.03. The number of amides is 2. The Kier molecular flexibility index (Phi) is 10.9. The largest absolute Gasteiger partial charge is 0.452 e. The molecule has 1 unspecified atom stereocenters. The van der Waals surface area contributed by atoms with Crippen LogP contribution in [0.4, 0.5) is 21.9 Å². The molecule has 1 atom stereocenters. The van der Waals surface area contributed by atoms with Crippen molar-refractivity contribution < 1.29 is 23.9 Å². The summed E-state index contributed by atoms with van der Waals surface area (Å²) in [5, 5.41) is 3.21. The van der Waals surface area contributed by atoms with E-state index in [1.165, 1.54) is 12.1 Å². The van der Waals surface area contributed by atoms with Gasteiger partial charge in [-0.2, -0.15) is 0 Å². The molecule has 1 N–H and O–H groups in total. The molecular formula is C32H37Cl2N3O5. The Morgan fingerprint density at radius 3 is 1.95 bits per heavy atom. The van der Waals surface area contributed by atoms with E-state index in [9.17, 15) is 14.4 Å². The Hall–Kier alpha value is -3.75. The molecule has 0 aliphatic carbocycles. The predicted molar refractivity (Wildman–Crippen MR) is 169 cm³/mol. The van der Waals surface area contributed by atoms with Crippen molar-refractivity contribution in [1.29, 1.82) is 0 Å². The summed E-state index contributed by atoms with van der Waals surface area (Å²) < 4.78 is 11.8. The number of hydrogen-bond donors (Lipinski definition) is 1. The van der Waals surface area contributed by atoms with E-state index in [2.05, 4.69) is 10.2 Å². The van der Waals surface area contributed by atoms with Crippen LogP contribution in [0.3, 0.4) is 0 Å². The molecule has 3 aromatic carbocycles. The number of nitrogens with zero attached hydrogens (tertiary/aromatic N) is 2. The number of nitrogens with one attached hydrogen (secondary N) is 1. The fourth-order valence-electron chi connectivity index (χ4n) is 4.41. The van der Waals surface area contributed by atoms with Gasteiger partial charge < -0.3 is 19.7 Å². The molecule has 0 radical (unpaired) electrons. The average Bonchev–Trinajstić information content (AvgIpc) is 2.95. The van der Waals surface area contributed by atoms with Crippen molar-refractivity contribution in [1.82, 2.24) is 0 Å². The molecular weight excluding hydrogens is 577 g/mol. The second-order valence-corrected chi connectivity index (χ2v) is 11.3. The predicted octanol–water partition coefficient (Wildman–Crippen LogP) is 7.83. The molecule has 42 heavy (non-hydrogen) atoms. The highest BCUT2D eigenvalue weighted by Gasteiger charge is 2.60. The highest BCUT2D eigenvalue weighted by atomic mass is 35.5. The number of carbonyl (C=O) groups is 3. The Morgan fingerprint density at radius 1 is 0.833 bits per heavy atom. The van der Waals surface area contributed by atoms with Gasteiger partial charge in [0.15, 0.2) is 0 Å². The van der Waals surface area contributed by atoms with Crippen LogP contribution in [-0.2, 0) is 14.3 Å². The molecule has 0 spiro atoms. The fraction of sp³-hybridized carbons (Fsp3) is 0.344. The van der Waals surface area contributed by atoms with Gasteiger partial charge in [0.1, 0.15) is 5.75 Å². The van der Waals surface area contributed by atoms with Gasteiger partial charge in [0.2, 0.25) is 5.78 Å². The molecule has 0 aliphatic rings. The third-order valence-electron chi connectivity index (χ3n) is 6.49. The zero-order valence-electron chi connectivity index (χ0n) is 24.7. The molecule has 2 amide bonds. The van der Waals surface area contributed by atoms with Gasteiger partial charge >= 0.3 is 11.8 Å². The van der Waals surface area contributed by atoms with Crippen LogP contribution in [0.25, 0.3) is 0 Å². The lowest BCUT2D eigenvalue weighted by Crippen LogP contribution is -2.70. The summed E-state index contributed by atoms with van der Waals surface area (Å²) in [4.78, 5) is 46.1. The number of anilines is 3. The van der Waals surface area contributed by atoms with Crippen LogP contribution in [0.15, 0.2) is 72.8 Å². The summed E-state index contributed by atoms with van der Waals surface area (Å²) in [6.45, 7) is 12.2. The van der Waals surface area contributed by atoms with E-state index >= 15 is 0 Å². The maximum atomic E-state index is 14.6. The molecule has 224 valence electrons. The van der Waals surface area contributed by atoms with Crippen LogP contribution in [0.5, 0.6) is 5.75 Å². The van der Waals surface area contributed by atoms with Crippen molar-refractivity contribution >= 4 is 58.0 Å². The number of Topliss-reactive ketones (excluding diaryl/α,β-unsaturated/α-hetero) is 1. The summed E-state index contributed by atoms with van der Waals surface area (Å²) in [7, 11) is 0. The van der Waals surface area contributed by atoms with Crippen molar-refractivity contribution in [2.75, 3.05) is 34.8 Å². The van der Waals surface area contributed by atoms with Crippen molar-refractivity contribution in [2.45, 2.75) is 47.3 Å². The quantitative estimate of drug-likeness (QED) is 0.175. The minimum Gasteiger partial charge on any atom is -0.452 e. The highest BCUT2D eigenvalue weighted by Crippen LogP contribution is 2.37. The van der Waals surface area contributed by atoms with Gasteiger partial charge in [-0.1, -0.05) is 62.2 Å². The first kappa shape index (κ1) is 32.8. The lowest BCUT2D eigenvalue weighted by atomic mass is 9.82. The maximum absolute atomic E-state index is 14.6. The lowest BCUT2D eigenvalue weighted by molar-refractivity contribution is -0.151. The first-order valence-corrected chi connectivity index (χ1v) is 14.5. The Balaban J connectivity index is 2.35. The van der Waals surface area contributed by atoms with E-state index in [4.69, 9.17) is 32.7 Å². The minimum absolute atomic E-state index is 0.0113. The Morgan fingerprint density at radius 2 is 1.43 bits per heavy atom. The topological polar surface area (TPSA) is 88.2 Å². The van der Waals surface area contributed by atoms with Gasteiger partial charge in [0, 0.05) is 29.2 Å². The van der Waals surface area contributed by atoms with Crippen molar-refractivity contribution in [3.63, 3.8) is 0 Å². The number of para-hydroxylation sites is 1. The van der Waals surface area contributed by atoms with Crippen molar-refractivity contribution in [3.05, 3.63) is 82.8 Å². The van der Waals surface area contributed by atoms with Gasteiger partial charge in [0.05, 0.1) is 23.0 Å². The molecule has 0 saturated carbocycles. The van der Waals surface area contributed by atoms with Crippen LogP contribution in [-0.4, -0.2) is 43.2 Å². The van der Waals surface area contributed by atoms with E-state index in [0.717, 1.165) is 23.7 Å². The summed E-state index contributed by atoms with van der Waals surface area (Å²) in [5.41, 5.74) is -2.43. The van der Waals surface area contributed by atoms with Crippen LogP contribution in [0.1, 0.15) is 41.5 Å². The summed E-state index contributed by atoms with van der Waals surface area (Å²) in [6.07, 6.45) is -0.945. The van der Waals surface area contributed by atoms with E-state index in [-0.39, 0.29) is 28.8 Å². The van der Waals surface area contributed by atoms with Gasteiger partial charge in [-0.25, -0.2) is 9.69 Å². The second kappa shape index (κ2) is 13.9. The molecule has 0 aromatic heterocycles. The lowest BCUT2D eigenvalue weighted by Gasteiger charge is -2.42. The van der Waals surface area contributed by atoms with Crippen LogP contribution < -0.4 is 19.9 Å². The molecule has 0 bridgehead atoms. The summed E-state index contributed by atoms with van der Waals surface area (Å²) in [6, 6.07) is 19.8. The average molecular weight is 615 g/mol. The zero-order valence-corrected chi connectivity index (χ0v) is 26.3. The van der Waals surface area contributed by atoms with E-state index < -0.39 is 28.9 Å². The Labute approximate surface area is 257 Å². The number of rotatable bonds is 11. The minimum atomic E-state index is -2.56. The van der Waals surface area contributed by atoms with Crippen LogP contribution in [0, 0.1) is 5.41 Å². The molecule has 8 nitrogen and oxygen atoms in total. The number of carbonyl (C=O) groups excluding carboxylic acids is 3. The highest BCUT2D eigenvalue weighted by molar-refractivity contribution is 6.37. The van der Waals surface area contributed by atoms with E-state index in [1.54, 1.807) is 76.2 Å². The maximum Gasteiger partial charge on any atom is 0.418 e. The summed E-state index contributed by atoms with van der Waals surface area (Å²) in [5.74, 6) is -1.46. The standard InChI is InChI=1S/C32H37Cl2N3O5/c1-7-36(8-2)23-16-18-24(19-17-23)37(30(40)41-9-3)32(28(38)31(4,5)6,42-25-13-11-10-12-14-25)29(39)35-27-20-15-22(33)21-26(27)34/h10-21H,7-9H2,1-6H3,(H,35,39). The van der Waals surface area contributed by atoms with Gasteiger partial charge in [-0.05, 0) is 75.4 Å². The molecule has 0 heterocycles. The van der Waals surface area contributed by atoms with Gasteiger partial charge in [0.25, 0.3) is 5.91 Å². The zero-order chi connectivity index (χ0) is 31.1. The Bertz CT molecular complexity index is 1390.